The van der Waals surface area contributed by atoms with E-state index >= 15 is 0 Å². The molecule has 0 unspecified atom stereocenters. The molecule has 0 atom stereocenters. The van der Waals surface area contributed by atoms with Crippen molar-refractivity contribution >= 4 is 49.6 Å². The van der Waals surface area contributed by atoms with Gasteiger partial charge in [0, 0.05) is 20.0 Å². The van der Waals surface area contributed by atoms with Crippen molar-refractivity contribution < 1.29 is 0 Å². The van der Waals surface area contributed by atoms with Crippen molar-refractivity contribution in [2.75, 3.05) is 0 Å². The predicted molar refractivity (Wildman–Crippen MR) is 215 cm³/mol. The number of hydrogen-bond donors (Lipinski definition) is 1. The molecule has 0 aliphatic heterocycles. The lowest BCUT2D eigenvalue weighted by atomic mass is 9.65. The Bertz CT molecular complexity index is 2370. The van der Waals surface area contributed by atoms with Gasteiger partial charge in [0.2, 0.25) is 0 Å². The lowest BCUT2D eigenvalue weighted by molar-refractivity contribution is 0.755. The van der Waals surface area contributed by atoms with Gasteiger partial charge in [-0.15, -0.1) is 35.3 Å². The number of rotatable bonds is 5. The molecular weight excluding hydrogens is 649 g/mol. The van der Waals surface area contributed by atoms with Gasteiger partial charge in [0.25, 0.3) is 0 Å². The van der Waals surface area contributed by atoms with Crippen LogP contribution < -0.4 is 0 Å². The molecule has 238 valence electrons. The summed E-state index contributed by atoms with van der Waals surface area (Å²) in [4.78, 5) is 2.36. The number of aryl methyl sites for hydroxylation is 4. The maximum Gasteiger partial charge on any atom is 0.0736 e. The second-order valence-electron chi connectivity index (χ2n) is 13.8. The molecule has 0 bridgehead atoms. The Balaban J connectivity index is 1.45. The summed E-state index contributed by atoms with van der Waals surface area (Å²) in [5.74, 6) is 0. The summed E-state index contributed by atoms with van der Waals surface area (Å²) in [6.07, 6.45) is 2.05. The molecule has 3 heteroatoms. The summed E-state index contributed by atoms with van der Waals surface area (Å²) in [6, 6.07) is 44.0. The second-order valence-corrected chi connectivity index (χ2v) is 16.2. The topological polar surface area (TPSA) is 0 Å². The van der Waals surface area contributed by atoms with E-state index in [0.29, 0.717) is 0 Å². The zero-order valence-corrected chi connectivity index (χ0v) is 30.6. The van der Waals surface area contributed by atoms with Gasteiger partial charge < -0.3 is 0 Å². The van der Waals surface area contributed by atoms with E-state index in [0.717, 1.165) is 10.5 Å². The molecule has 0 saturated heterocycles. The fraction of sp³-hybridized carbons (Fsp3) is 0.130. The molecule has 49 heavy (non-hydrogen) atoms. The number of thiophene rings is 2. The number of hydrogen-bond acceptors (Lipinski definition) is 3. The third kappa shape index (κ3) is 4.10. The molecule has 9 rings (SSSR count). The maximum absolute atomic E-state index is 5.41. The Labute approximate surface area is 302 Å². The predicted octanol–water partition coefficient (Wildman–Crippen LogP) is 12.7. The van der Waals surface area contributed by atoms with Crippen LogP contribution in [0.2, 0.25) is 0 Å². The van der Waals surface area contributed by atoms with Crippen molar-refractivity contribution in [2.45, 2.75) is 38.5 Å². The van der Waals surface area contributed by atoms with E-state index in [2.05, 4.69) is 155 Å². The van der Waals surface area contributed by atoms with Gasteiger partial charge in [-0.3, -0.25) is 0 Å². The maximum atomic E-state index is 5.41. The highest BCUT2D eigenvalue weighted by Gasteiger charge is 2.52. The fourth-order valence-corrected chi connectivity index (χ4v) is 11.5. The number of benzene rings is 5. The van der Waals surface area contributed by atoms with Crippen molar-refractivity contribution in [3.63, 3.8) is 0 Å². The van der Waals surface area contributed by atoms with Crippen molar-refractivity contribution in [3.8, 4) is 10.4 Å². The Morgan fingerprint density at radius 3 is 1.47 bits per heavy atom. The van der Waals surface area contributed by atoms with Gasteiger partial charge in [0.05, 0.1) is 15.5 Å². The standard InChI is InChI=1S/C46H36S3/c1-6-37-42(47)35-25-39-36(26-38(35)45(37,31-15-7-27(2)8-16-31)32-17-9-28(3)10-18-32)43-41(44-40(49-43)23-24-48-44)46(39,33-19-11-29(4)12-20-33)34-21-13-30(5)14-22-34/h6-26,47H,1H2,2-5H3. The van der Waals surface area contributed by atoms with Gasteiger partial charge in [-0.05, 0) is 101 Å². The first-order valence-electron chi connectivity index (χ1n) is 16.8. The van der Waals surface area contributed by atoms with Crippen LogP contribution in [-0.4, -0.2) is 0 Å². The average Bonchev–Trinajstić information content (AvgIpc) is 3.83. The van der Waals surface area contributed by atoms with Crippen LogP contribution in [0.4, 0.5) is 0 Å². The fourth-order valence-electron chi connectivity index (χ4n) is 8.58. The zero-order chi connectivity index (χ0) is 33.7. The molecule has 7 aromatic rings. The average molecular weight is 685 g/mol. The quantitative estimate of drug-likeness (QED) is 0.171. The van der Waals surface area contributed by atoms with Crippen LogP contribution in [0.1, 0.15) is 66.8 Å². The van der Waals surface area contributed by atoms with Crippen LogP contribution >= 0.6 is 35.3 Å². The van der Waals surface area contributed by atoms with Crippen molar-refractivity contribution in [1.29, 1.82) is 0 Å². The van der Waals surface area contributed by atoms with E-state index in [-0.39, 0.29) is 0 Å². The highest BCUT2D eigenvalue weighted by Crippen LogP contribution is 2.65. The van der Waals surface area contributed by atoms with E-state index in [1.807, 2.05) is 28.7 Å². The van der Waals surface area contributed by atoms with Crippen LogP contribution in [0.15, 0.2) is 139 Å². The SMILES string of the molecule is C=CC1=C(S)c2cc3c(cc2C1(c1ccc(C)cc1)c1ccc(C)cc1)-c1sc2ccsc2c1C3(c1ccc(C)cc1)c1ccc(C)cc1. The highest BCUT2D eigenvalue weighted by molar-refractivity contribution is 7.90. The molecule has 0 spiro atoms. The first-order chi connectivity index (χ1) is 23.8. The van der Waals surface area contributed by atoms with Gasteiger partial charge in [0.15, 0.2) is 0 Å². The lowest BCUT2D eigenvalue weighted by Crippen LogP contribution is -2.30. The summed E-state index contributed by atoms with van der Waals surface area (Å²) in [5.41, 5.74) is 16.7. The molecular formula is C46H36S3. The third-order valence-corrected chi connectivity index (χ3v) is 13.7. The first-order valence-corrected chi connectivity index (χ1v) is 19.0. The van der Waals surface area contributed by atoms with E-state index in [1.54, 1.807) is 0 Å². The van der Waals surface area contributed by atoms with Crippen LogP contribution in [0, 0.1) is 27.7 Å². The Morgan fingerprint density at radius 2 is 1.00 bits per heavy atom. The van der Waals surface area contributed by atoms with Crippen LogP contribution in [-0.2, 0) is 10.8 Å². The normalized spacial score (nSPS) is 15.4. The summed E-state index contributed by atoms with van der Waals surface area (Å²) in [7, 11) is 0. The zero-order valence-electron chi connectivity index (χ0n) is 28.1. The third-order valence-electron chi connectivity index (χ3n) is 10.9. The van der Waals surface area contributed by atoms with Crippen molar-refractivity contribution in [3.05, 3.63) is 206 Å². The monoisotopic (exact) mass is 684 g/mol. The van der Waals surface area contributed by atoms with Gasteiger partial charge in [-0.2, -0.15) is 0 Å². The summed E-state index contributed by atoms with van der Waals surface area (Å²) in [6.45, 7) is 13.1. The number of allylic oxidation sites excluding steroid dienone is 2. The molecule has 0 radical (unpaired) electrons. The molecule has 2 aliphatic rings. The molecule has 2 aliphatic carbocycles. The van der Waals surface area contributed by atoms with Crippen LogP contribution in [0.3, 0.4) is 0 Å². The van der Waals surface area contributed by atoms with Gasteiger partial charge >= 0.3 is 0 Å². The van der Waals surface area contributed by atoms with Gasteiger partial charge in [-0.25, -0.2) is 0 Å². The molecule has 2 heterocycles. The molecule has 0 N–H and O–H groups in total. The molecule has 0 fully saturated rings. The minimum absolute atomic E-state index is 0.481. The molecule has 5 aromatic carbocycles. The molecule has 0 nitrogen and oxygen atoms in total. The molecule has 0 saturated carbocycles. The minimum atomic E-state index is -0.557. The summed E-state index contributed by atoms with van der Waals surface area (Å²) >= 11 is 9.22. The largest absolute Gasteiger partial charge is 0.143 e. The smallest absolute Gasteiger partial charge is 0.0736 e. The number of fused-ring (bicyclic) bond motifs is 6. The molecule has 2 aromatic heterocycles. The Kier molecular flexibility index (Phi) is 6.91. The number of thiol groups is 1. The summed E-state index contributed by atoms with van der Waals surface area (Å²) < 4.78 is 2.74. The van der Waals surface area contributed by atoms with Crippen LogP contribution in [0.25, 0.3) is 24.7 Å². The van der Waals surface area contributed by atoms with E-state index in [4.69, 9.17) is 12.6 Å². The second kappa shape index (κ2) is 11.1. The summed E-state index contributed by atoms with van der Waals surface area (Å²) in [5, 5.41) is 2.25. The lowest BCUT2D eigenvalue weighted by Gasteiger charge is -2.36. The minimum Gasteiger partial charge on any atom is -0.143 e. The van der Waals surface area contributed by atoms with Crippen molar-refractivity contribution in [2.24, 2.45) is 0 Å². The van der Waals surface area contributed by atoms with Crippen LogP contribution in [0.5, 0.6) is 0 Å². The van der Waals surface area contributed by atoms with E-state index in [9.17, 15) is 0 Å². The van der Waals surface area contributed by atoms with Gasteiger partial charge in [0.1, 0.15) is 0 Å². The van der Waals surface area contributed by atoms with Gasteiger partial charge in [-0.1, -0.05) is 132 Å². The first kappa shape index (κ1) is 30.6. The molecule has 0 amide bonds. The Hall–Kier alpha value is -4.41. The van der Waals surface area contributed by atoms with E-state index in [1.165, 1.54) is 86.6 Å². The highest BCUT2D eigenvalue weighted by atomic mass is 32.1. The van der Waals surface area contributed by atoms with Crippen molar-refractivity contribution in [1.82, 2.24) is 0 Å². The van der Waals surface area contributed by atoms with E-state index < -0.39 is 10.8 Å². The Morgan fingerprint density at radius 1 is 0.571 bits per heavy atom.